The van der Waals surface area contributed by atoms with Crippen LogP contribution in [0, 0.1) is 6.92 Å². The molecule has 2 heterocycles. The Balaban J connectivity index is 1.69. The fourth-order valence-corrected chi connectivity index (χ4v) is 4.15. The van der Waals surface area contributed by atoms with E-state index >= 15 is 0 Å². The summed E-state index contributed by atoms with van der Waals surface area (Å²) in [5.41, 5.74) is 2.53. The van der Waals surface area contributed by atoms with Crippen LogP contribution in [0.25, 0.3) is 5.69 Å². The fourth-order valence-electron chi connectivity index (χ4n) is 3.73. The summed E-state index contributed by atoms with van der Waals surface area (Å²) in [5.74, 6) is -0.239. The summed E-state index contributed by atoms with van der Waals surface area (Å²) in [4.78, 5) is 12.8. The van der Waals surface area contributed by atoms with Gasteiger partial charge in [-0.05, 0) is 67.5 Å². The van der Waals surface area contributed by atoms with Crippen LogP contribution in [0.3, 0.4) is 0 Å². The molecule has 1 aromatic carbocycles. The molecule has 146 valence electrons. The Labute approximate surface area is 163 Å². The third kappa shape index (κ3) is 3.42. The van der Waals surface area contributed by atoms with E-state index in [1.54, 1.807) is 6.07 Å². The van der Waals surface area contributed by atoms with E-state index in [0.29, 0.717) is 10.6 Å². The highest BCUT2D eigenvalue weighted by Gasteiger charge is 2.32. The minimum absolute atomic E-state index is 0.191. The number of amides is 1. The van der Waals surface area contributed by atoms with Gasteiger partial charge in [-0.25, -0.2) is 0 Å². The number of nitrogens with zero attached hydrogens (tertiary/aromatic N) is 3. The van der Waals surface area contributed by atoms with E-state index < -0.39 is 11.7 Å². The number of rotatable bonds is 3. The van der Waals surface area contributed by atoms with Crippen LogP contribution in [0.15, 0.2) is 36.5 Å². The number of carbonyl (C=O) groups is 1. The lowest BCUT2D eigenvalue weighted by molar-refractivity contribution is -0.137. The van der Waals surface area contributed by atoms with Crippen LogP contribution in [0.2, 0.25) is 0 Å². The van der Waals surface area contributed by atoms with Crippen molar-refractivity contribution in [2.24, 2.45) is 0 Å². The monoisotopic (exact) mass is 406 g/mol. The quantitative estimate of drug-likeness (QED) is 0.699. The molecule has 0 unspecified atom stereocenters. The van der Waals surface area contributed by atoms with Crippen LogP contribution in [-0.2, 0) is 12.6 Å². The number of carbonyl (C=O) groups excluding carboxylic acids is 1. The van der Waals surface area contributed by atoms with Crippen LogP contribution in [0.4, 0.5) is 13.2 Å². The maximum Gasteiger partial charge on any atom is 0.416 e. The highest BCUT2D eigenvalue weighted by Crippen LogP contribution is 2.36. The summed E-state index contributed by atoms with van der Waals surface area (Å²) >= 11 is 1.03. The molecule has 9 heteroatoms. The Kier molecular flexibility index (Phi) is 4.70. The second kappa shape index (κ2) is 7.05. The second-order valence-corrected chi connectivity index (χ2v) is 7.56. The lowest BCUT2D eigenvalue weighted by atomic mass is 9.92. The first-order valence-corrected chi connectivity index (χ1v) is 9.59. The topological polar surface area (TPSA) is 59.8 Å². The standard InChI is InChI=1S/C19H17F3N4OS/c1-11-8-14-15(24-18(27)17-10-23-25-28-17)6-3-7-16(14)26(11)13-5-2-4-12(9-13)19(20,21)22/h2,4-5,8-10,15H,3,6-7H2,1H3,(H,24,27)/t15-/m1/s1. The van der Waals surface area contributed by atoms with E-state index in [9.17, 15) is 18.0 Å². The third-order valence-electron chi connectivity index (χ3n) is 4.92. The molecule has 3 aromatic rings. The first kappa shape index (κ1) is 18.7. The van der Waals surface area contributed by atoms with Crippen molar-refractivity contribution in [1.82, 2.24) is 19.5 Å². The Morgan fingerprint density at radius 3 is 2.86 bits per heavy atom. The van der Waals surface area contributed by atoms with E-state index in [-0.39, 0.29) is 11.9 Å². The van der Waals surface area contributed by atoms with Crippen molar-refractivity contribution in [2.45, 2.75) is 38.4 Å². The van der Waals surface area contributed by atoms with Crippen LogP contribution < -0.4 is 5.32 Å². The molecule has 1 aliphatic carbocycles. The average molecular weight is 406 g/mol. The fraction of sp³-hybridized carbons (Fsp3) is 0.316. The lowest BCUT2D eigenvalue weighted by Gasteiger charge is -2.25. The van der Waals surface area contributed by atoms with Gasteiger partial charge in [-0.15, -0.1) is 5.10 Å². The van der Waals surface area contributed by atoms with Gasteiger partial charge in [-0.3, -0.25) is 4.79 Å². The second-order valence-electron chi connectivity index (χ2n) is 6.77. The summed E-state index contributed by atoms with van der Waals surface area (Å²) < 4.78 is 44.9. The molecule has 0 saturated heterocycles. The number of hydrogen-bond acceptors (Lipinski definition) is 4. The average Bonchev–Trinajstić information content (AvgIpc) is 3.29. The van der Waals surface area contributed by atoms with E-state index in [1.165, 1.54) is 18.3 Å². The van der Waals surface area contributed by atoms with Crippen LogP contribution >= 0.6 is 11.5 Å². The first-order chi connectivity index (χ1) is 13.3. The maximum absolute atomic E-state index is 13.1. The number of hydrogen-bond donors (Lipinski definition) is 1. The number of aryl methyl sites for hydroxylation is 1. The predicted octanol–water partition coefficient (Wildman–Crippen LogP) is 4.46. The number of nitrogens with one attached hydrogen (secondary N) is 1. The number of halogens is 3. The number of aromatic nitrogens is 3. The number of alkyl halides is 3. The van der Waals surface area contributed by atoms with Crippen molar-refractivity contribution in [3.63, 3.8) is 0 Å². The van der Waals surface area contributed by atoms with Crippen molar-refractivity contribution in [2.75, 3.05) is 0 Å². The molecule has 0 aliphatic heterocycles. The zero-order valence-corrected chi connectivity index (χ0v) is 15.8. The van der Waals surface area contributed by atoms with E-state index in [0.717, 1.165) is 53.8 Å². The zero-order chi connectivity index (χ0) is 19.9. The molecule has 2 aromatic heterocycles. The van der Waals surface area contributed by atoms with E-state index in [2.05, 4.69) is 14.9 Å². The lowest BCUT2D eigenvalue weighted by Crippen LogP contribution is -2.30. The molecule has 0 fully saturated rings. The molecule has 0 radical (unpaired) electrons. The SMILES string of the molecule is Cc1cc2c(n1-c1cccc(C(F)(F)F)c1)CCC[C@H]2NC(=O)c1cnns1. The Morgan fingerprint density at radius 1 is 1.32 bits per heavy atom. The maximum atomic E-state index is 13.1. The molecule has 1 aliphatic rings. The summed E-state index contributed by atoms with van der Waals surface area (Å²) in [6, 6.07) is 7.09. The molecule has 0 saturated carbocycles. The Hall–Kier alpha value is -2.68. The minimum Gasteiger partial charge on any atom is -0.344 e. The van der Waals surface area contributed by atoms with Crippen molar-refractivity contribution in [3.8, 4) is 5.69 Å². The number of fused-ring (bicyclic) bond motifs is 1. The molecule has 0 spiro atoms. The van der Waals surface area contributed by atoms with Gasteiger partial charge in [0.05, 0.1) is 17.8 Å². The van der Waals surface area contributed by atoms with Gasteiger partial charge < -0.3 is 9.88 Å². The summed E-state index contributed by atoms with van der Waals surface area (Å²) in [6.07, 6.45) is -0.620. The smallest absolute Gasteiger partial charge is 0.344 e. The summed E-state index contributed by atoms with van der Waals surface area (Å²) in [6.45, 7) is 1.87. The van der Waals surface area contributed by atoms with Crippen LogP contribution in [0.1, 0.15) is 51.1 Å². The van der Waals surface area contributed by atoms with Gasteiger partial charge in [0, 0.05) is 17.1 Å². The summed E-state index contributed by atoms with van der Waals surface area (Å²) in [5, 5.41) is 6.68. The van der Waals surface area contributed by atoms with Gasteiger partial charge in [-0.2, -0.15) is 13.2 Å². The van der Waals surface area contributed by atoms with Crippen molar-refractivity contribution in [1.29, 1.82) is 0 Å². The number of benzene rings is 1. The molecule has 28 heavy (non-hydrogen) atoms. The molecule has 1 amide bonds. The minimum atomic E-state index is -4.39. The normalized spacial score (nSPS) is 16.6. The molecular formula is C19H17F3N4OS. The first-order valence-electron chi connectivity index (χ1n) is 8.81. The van der Waals surface area contributed by atoms with Gasteiger partial charge in [0.15, 0.2) is 0 Å². The van der Waals surface area contributed by atoms with Gasteiger partial charge in [0.1, 0.15) is 4.88 Å². The molecule has 4 rings (SSSR count). The molecular weight excluding hydrogens is 389 g/mol. The highest BCUT2D eigenvalue weighted by molar-refractivity contribution is 7.07. The largest absolute Gasteiger partial charge is 0.416 e. The van der Waals surface area contributed by atoms with Crippen LogP contribution in [0.5, 0.6) is 0 Å². The third-order valence-corrected chi connectivity index (χ3v) is 5.59. The molecule has 1 N–H and O–H groups in total. The van der Waals surface area contributed by atoms with Gasteiger partial charge in [-0.1, -0.05) is 10.6 Å². The van der Waals surface area contributed by atoms with Gasteiger partial charge in [0.2, 0.25) is 0 Å². The van der Waals surface area contributed by atoms with E-state index in [4.69, 9.17) is 0 Å². The highest BCUT2D eigenvalue weighted by atomic mass is 32.1. The van der Waals surface area contributed by atoms with Crippen molar-refractivity contribution >= 4 is 17.4 Å². The van der Waals surface area contributed by atoms with Gasteiger partial charge >= 0.3 is 6.18 Å². The molecule has 0 bridgehead atoms. The van der Waals surface area contributed by atoms with Crippen molar-refractivity contribution in [3.05, 3.63) is 63.9 Å². The summed E-state index contributed by atoms with van der Waals surface area (Å²) in [7, 11) is 0. The van der Waals surface area contributed by atoms with Crippen LogP contribution in [-0.4, -0.2) is 20.1 Å². The Bertz CT molecular complexity index is 1010. The van der Waals surface area contributed by atoms with E-state index in [1.807, 2.05) is 17.6 Å². The zero-order valence-electron chi connectivity index (χ0n) is 15.0. The Morgan fingerprint density at radius 2 is 2.14 bits per heavy atom. The molecule has 5 nitrogen and oxygen atoms in total. The van der Waals surface area contributed by atoms with Gasteiger partial charge in [0.25, 0.3) is 5.91 Å². The molecule has 1 atom stereocenters. The van der Waals surface area contributed by atoms with Crippen molar-refractivity contribution < 1.29 is 18.0 Å². The predicted molar refractivity (Wildman–Crippen MR) is 98.6 cm³/mol.